The first-order valence-electron chi connectivity index (χ1n) is 9.26. The largest absolute Gasteiger partial charge is 0.329 e. The number of halogens is 2. The summed E-state index contributed by atoms with van der Waals surface area (Å²) in [5, 5.41) is 4.23. The van der Waals surface area contributed by atoms with Crippen LogP contribution in [0.4, 0.5) is 14.9 Å². The van der Waals surface area contributed by atoms with Crippen LogP contribution in [-0.2, 0) is 4.79 Å². The van der Waals surface area contributed by atoms with Gasteiger partial charge in [0.25, 0.3) is 5.91 Å². The second-order valence-corrected chi connectivity index (χ2v) is 8.77. The van der Waals surface area contributed by atoms with Gasteiger partial charge in [-0.1, -0.05) is 35.9 Å². The van der Waals surface area contributed by atoms with E-state index in [9.17, 15) is 14.0 Å². The predicted octanol–water partition coefficient (Wildman–Crippen LogP) is 4.92. The molecule has 1 saturated heterocycles. The molecule has 0 spiro atoms. The lowest BCUT2D eigenvalue weighted by Gasteiger charge is -2.33. The zero-order valence-corrected chi connectivity index (χ0v) is 17.3. The molecule has 30 heavy (non-hydrogen) atoms. The normalized spacial score (nSPS) is 20.9. The van der Waals surface area contributed by atoms with Gasteiger partial charge < -0.3 is 5.32 Å². The number of aromatic nitrogens is 1. The topological polar surface area (TPSA) is 62.3 Å². The molecule has 3 amide bonds. The van der Waals surface area contributed by atoms with Gasteiger partial charge in [0.05, 0.1) is 22.9 Å². The van der Waals surface area contributed by atoms with Gasteiger partial charge in [-0.25, -0.2) is 14.1 Å². The van der Waals surface area contributed by atoms with Crippen molar-refractivity contribution in [3.8, 4) is 0 Å². The number of aryl methyl sites for hydroxylation is 1. The number of anilines is 1. The highest BCUT2D eigenvalue weighted by atomic mass is 35.5. The van der Waals surface area contributed by atoms with Crippen LogP contribution in [0.3, 0.4) is 0 Å². The van der Waals surface area contributed by atoms with Crippen LogP contribution in [0, 0.1) is 12.7 Å². The van der Waals surface area contributed by atoms with Crippen LogP contribution >= 0.6 is 23.4 Å². The fraction of sp³-hybridized carbons (Fsp3) is 0.136. The molecule has 3 heterocycles. The molecule has 2 atom stereocenters. The molecule has 2 unspecified atom stereocenters. The van der Waals surface area contributed by atoms with Crippen molar-refractivity contribution in [3.05, 3.63) is 76.8 Å². The smallest absolute Gasteiger partial charge is 0.329 e. The first kappa shape index (κ1) is 19.1. The lowest BCUT2D eigenvalue weighted by Crippen LogP contribution is -2.60. The molecule has 8 heteroatoms. The average Bonchev–Trinajstić information content (AvgIpc) is 3.11. The second kappa shape index (κ2) is 7.11. The lowest BCUT2D eigenvalue weighted by atomic mass is 10.0. The van der Waals surface area contributed by atoms with Crippen molar-refractivity contribution in [2.24, 2.45) is 0 Å². The van der Waals surface area contributed by atoms with E-state index in [1.54, 1.807) is 13.1 Å². The molecule has 1 fully saturated rings. The van der Waals surface area contributed by atoms with Crippen molar-refractivity contribution in [1.29, 1.82) is 0 Å². The molecule has 0 radical (unpaired) electrons. The summed E-state index contributed by atoms with van der Waals surface area (Å²) < 4.78 is 13.6. The number of imide groups is 1. The number of hydrogen-bond acceptors (Lipinski definition) is 4. The second-order valence-electron chi connectivity index (χ2n) is 7.18. The van der Waals surface area contributed by atoms with Gasteiger partial charge in [0.2, 0.25) is 0 Å². The van der Waals surface area contributed by atoms with Gasteiger partial charge in [-0.2, -0.15) is 0 Å². The number of thioether (sulfide) groups is 1. The molecule has 2 aliphatic heterocycles. The van der Waals surface area contributed by atoms with E-state index in [0.717, 1.165) is 20.6 Å². The maximum Gasteiger partial charge on any atom is 0.329 e. The zero-order chi connectivity index (χ0) is 21.0. The first-order chi connectivity index (χ1) is 14.4. The molecule has 1 N–H and O–H groups in total. The Hall–Kier alpha value is -2.90. The number of benzene rings is 2. The van der Waals surface area contributed by atoms with E-state index in [4.69, 9.17) is 11.6 Å². The minimum atomic E-state index is -0.544. The van der Waals surface area contributed by atoms with Gasteiger partial charge >= 0.3 is 6.03 Å². The number of hydrogen-bond donors (Lipinski definition) is 1. The lowest BCUT2D eigenvalue weighted by molar-refractivity contribution is -0.118. The Morgan fingerprint density at radius 2 is 2.00 bits per heavy atom. The molecule has 2 aliphatic rings. The molecule has 5 rings (SSSR count). The SMILES string of the molecule is Cc1cc(F)cc(Cl)c1C1=CC2NC(=O)N(c3cncc4ccccc34)C(=O)C2S1. The van der Waals surface area contributed by atoms with Crippen LogP contribution in [0.25, 0.3) is 15.7 Å². The summed E-state index contributed by atoms with van der Waals surface area (Å²) in [4.78, 5) is 32.3. The number of urea groups is 1. The number of carbonyl (C=O) groups is 2. The molecule has 150 valence electrons. The van der Waals surface area contributed by atoms with E-state index < -0.39 is 23.1 Å². The standard InChI is InChI=1S/C22H15ClFN3O2S/c1-11-6-13(24)7-15(23)19(11)18-8-16-20(30-18)21(28)27(22(29)26-16)17-10-25-9-12-4-2-3-5-14(12)17/h2-10,16,20H,1H3,(H,26,29). The Morgan fingerprint density at radius 3 is 2.80 bits per heavy atom. The van der Waals surface area contributed by atoms with Gasteiger partial charge in [-0.05, 0) is 30.7 Å². The number of carbonyl (C=O) groups excluding carboxylic acids is 2. The quantitative estimate of drug-likeness (QED) is 0.615. The summed E-state index contributed by atoms with van der Waals surface area (Å²) in [6, 6.07) is 9.14. The molecule has 5 nitrogen and oxygen atoms in total. The molecular formula is C22H15ClFN3O2S. The summed E-state index contributed by atoms with van der Waals surface area (Å²) in [5.41, 5.74) is 1.79. The summed E-state index contributed by atoms with van der Waals surface area (Å²) >= 11 is 7.61. The van der Waals surface area contributed by atoms with Crippen molar-refractivity contribution in [2.75, 3.05) is 4.90 Å². The third-order valence-corrected chi connectivity index (χ3v) is 6.90. The maximum atomic E-state index is 13.6. The molecule has 0 bridgehead atoms. The third-order valence-electron chi connectivity index (χ3n) is 5.25. The van der Waals surface area contributed by atoms with Crippen LogP contribution < -0.4 is 10.2 Å². The van der Waals surface area contributed by atoms with Crippen LogP contribution in [0.5, 0.6) is 0 Å². The van der Waals surface area contributed by atoms with Gasteiger partial charge in [-0.3, -0.25) is 9.78 Å². The number of rotatable bonds is 2. The predicted molar refractivity (Wildman–Crippen MR) is 117 cm³/mol. The zero-order valence-electron chi connectivity index (χ0n) is 15.7. The van der Waals surface area contributed by atoms with E-state index in [1.807, 2.05) is 30.3 Å². The molecule has 0 aliphatic carbocycles. The molecular weight excluding hydrogens is 425 g/mol. The first-order valence-corrected chi connectivity index (χ1v) is 10.5. The van der Waals surface area contributed by atoms with Gasteiger partial charge in [0, 0.05) is 27.4 Å². The number of fused-ring (bicyclic) bond motifs is 2. The Balaban J connectivity index is 1.52. The van der Waals surface area contributed by atoms with Gasteiger partial charge in [-0.15, -0.1) is 11.8 Å². The monoisotopic (exact) mass is 439 g/mol. The van der Waals surface area contributed by atoms with Crippen molar-refractivity contribution in [2.45, 2.75) is 18.2 Å². The van der Waals surface area contributed by atoms with E-state index in [1.165, 1.54) is 30.1 Å². The summed E-state index contributed by atoms with van der Waals surface area (Å²) in [5.74, 6) is -0.740. The highest BCUT2D eigenvalue weighted by Crippen LogP contribution is 2.45. The minimum Gasteiger partial charge on any atom is -0.329 e. The maximum absolute atomic E-state index is 13.6. The minimum absolute atomic E-state index is 0.277. The molecule has 0 saturated carbocycles. The Labute approximate surface area is 180 Å². The number of nitrogens with zero attached hydrogens (tertiary/aromatic N) is 2. The Kier molecular flexibility index (Phi) is 4.52. The Morgan fingerprint density at radius 1 is 1.20 bits per heavy atom. The number of amides is 3. The molecule has 3 aromatic rings. The van der Waals surface area contributed by atoms with Crippen LogP contribution in [0.15, 0.2) is 54.9 Å². The van der Waals surface area contributed by atoms with Crippen LogP contribution in [0.1, 0.15) is 11.1 Å². The number of pyridine rings is 1. The van der Waals surface area contributed by atoms with E-state index in [-0.39, 0.29) is 10.9 Å². The van der Waals surface area contributed by atoms with Crippen molar-refractivity contribution < 1.29 is 14.0 Å². The Bertz CT molecular complexity index is 1230. The van der Waals surface area contributed by atoms with Crippen molar-refractivity contribution in [1.82, 2.24) is 10.3 Å². The average molecular weight is 440 g/mol. The van der Waals surface area contributed by atoms with Crippen LogP contribution in [0.2, 0.25) is 5.02 Å². The summed E-state index contributed by atoms with van der Waals surface area (Å²) in [6.07, 6.45) is 5.03. The summed E-state index contributed by atoms with van der Waals surface area (Å²) in [6.45, 7) is 1.77. The highest BCUT2D eigenvalue weighted by Gasteiger charge is 2.46. The molecule has 2 aromatic carbocycles. The van der Waals surface area contributed by atoms with Crippen LogP contribution in [-0.4, -0.2) is 28.2 Å². The van der Waals surface area contributed by atoms with Crippen molar-refractivity contribution >= 4 is 56.7 Å². The van der Waals surface area contributed by atoms with E-state index in [2.05, 4.69) is 10.3 Å². The highest BCUT2D eigenvalue weighted by molar-refractivity contribution is 8.09. The molecule has 1 aromatic heterocycles. The third kappa shape index (κ3) is 2.97. The van der Waals surface area contributed by atoms with Gasteiger partial charge in [0.15, 0.2) is 0 Å². The van der Waals surface area contributed by atoms with Gasteiger partial charge in [0.1, 0.15) is 11.1 Å². The fourth-order valence-electron chi connectivity index (χ4n) is 3.92. The van der Waals surface area contributed by atoms with E-state index >= 15 is 0 Å². The number of nitrogens with one attached hydrogen (secondary N) is 1. The van der Waals surface area contributed by atoms with Crippen molar-refractivity contribution in [3.63, 3.8) is 0 Å². The van der Waals surface area contributed by atoms with E-state index in [0.29, 0.717) is 16.8 Å². The fourth-order valence-corrected chi connectivity index (χ4v) is 5.72. The summed E-state index contributed by atoms with van der Waals surface area (Å²) in [7, 11) is 0.